The average Bonchev–Trinajstić information content (AvgIpc) is 3.81. The molecule has 657 valence electrons. The number of esters is 2. The summed E-state index contributed by atoms with van der Waals surface area (Å²) in [5.41, 5.74) is -1.68. The van der Waals surface area contributed by atoms with Crippen LogP contribution in [0.15, 0.2) is 28.6 Å². The first-order valence-electron chi connectivity index (χ1n) is 32.8. The molecule has 0 saturated heterocycles. The van der Waals surface area contributed by atoms with Crippen molar-refractivity contribution in [2.45, 2.75) is 348 Å². The largest absolute Gasteiger partial charge is 1.00 e. The number of aldehydes is 1. The first-order chi connectivity index (χ1) is 46.9. The zero-order valence-electron chi connectivity index (χ0n) is 76.8. The third-order valence-corrected chi connectivity index (χ3v) is 3.16. The maximum Gasteiger partial charge on any atom is 1.00 e. The minimum Gasteiger partial charge on any atom is -0.870 e. The molecule has 0 spiro atoms. The standard InChI is InChI=1S/C5H8O.C4H9O.C4H10.2C4H8.C4H6.C3H6F2O.2C3H6O2.C3H6OS.C3H8.C3H4.C2H4O2.C2H4O.10C2H6.2CH5BO2.CH3F.CH4O.CH4.BHNS.2ClH.Cu.HI.K.Na.H2O.Pd/c1-4-5(2,3)6;1-4(2,3)5;4*1-3-4-2;1-3(4,5)6-2;2*1-3(4)5-2;1-3(5)4-2;2*1-3-2;1-2(3)4;1-2-3;10*1-2;2*1-2(3)4;2*1-2;;1-2-3;;;;;;;;/h1,6H,2-3H3;1-3H3;3-4H2,1-2H3;2*3-4H,1-2H3;1-2H3;1-2H3;3*1-2H3;3H2,1-2H3;1H,2H3;1H3,(H,3,4);2H,1H3;10*1-2H3;2*3-4H,1H3;1H3;2H,1H3;1H4;3H;2*1H;;1H;;;1H2;/q;-1;;;;;;;;;;;;;;;;;;;;;;;;;;;;;;;+1;;2*+1;;+2/p-4. The van der Waals surface area contributed by atoms with Crippen LogP contribution in [0.5, 0.6) is 0 Å². The number of carboxylic acid groups (broad SMARTS) is 1. The first-order valence-corrected chi connectivity index (χ1v) is 40.7. The van der Waals surface area contributed by atoms with Gasteiger partial charge < -0.3 is 69.7 Å². The number of unbranched alkanes of at least 4 members (excludes halogenated alkanes) is 1. The number of allylic oxidation sites excluding steroid dienone is 4. The summed E-state index contributed by atoms with van der Waals surface area (Å²) in [4.78, 5) is 37.0. The van der Waals surface area contributed by atoms with Crippen LogP contribution in [-0.2, 0) is 66.8 Å². The van der Waals surface area contributed by atoms with Crippen LogP contribution in [0.1, 0.15) is 317 Å². The Kier molecular flexibility index (Phi) is 829. The van der Waals surface area contributed by atoms with Crippen molar-refractivity contribution in [3.63, 3.8) is 0 Å². The molecule has 0 aliphatic rings. The summed E-state index contributed by atoms with van der Waals surface area (Å²) >= 11 is 13.4. The summed E-state index contributed by atoms with van der Waals surface area (Å²) < 4.78 is 51.0. The fraction of sp³-hybridized carbons (Fsp3) is 0.792. The van der Waals surface area contributed by atoms with E-state index in [0.29, 0.717) is 19.2 Å². The maximum atomic E-state index is 11.2. The number of halogens is 6. The van der Waals surface area contributed by atoms with Crippen LogP contribution in [0, 0.1) is 36.5 Å². The second kappa shape index (κ2) is 375. The van der Waals surface area contributed by atoms with Gasteiger partial charge in [-0.2, -0.15) is 8.78 Å². The number of aliphatic hydroxyl groups is 2. The number of alkyl halides is 3. The van der Waals surface area contributed by atoms with Crippen LogP contribution >= 0.6 is 64.4 Å². The van der Waals surface area contributed by atoms with Gasteiger partial charge in [0.05, 0.1) is 28.5 Å². The Morgan fingerprint density at radius 1 is 0.629 bits per heavy atom. The Morgan fingerprint density at radius 2 is 0.695 bits per heavy atom. The van der Waals surface area contributed by atoms with E-state index in [9.17, 15) is 27.9 Å². The SMILES string of the molecule is C.C#CC.C#CC(C)(C)O.CB(O)O.CB(O)O.CC.CC.CC.CC.CC.CC.CC.CC.CC.CC.CC#CC.CC(=O)O.CC(C)(C)[O-].CC=CC.CC=CC.CC=O.CCC.CCCC.CF.CO.COC(C)(F)F.COC(C)=O.COC(C)=O.COC(C)=S.[B]=NS.[Cl][Pd][Cl].[Cu][I].[K+].[Na+].[OH-]. The molecule has 0 aromatic rings. The topological polar surface area (TPSA) is 312 Å². The summed E-state index contributed by atoms with van der Waals surface area (Å²) in [6, 6.07) is 0. The molecule has 0 unspecified atom stereocenters. The summed E-state index contributed by atoms with van der Waals surface area (Å²) in [6.07, 6.45) is 19.1. The third kappa shape index (κ3) is 3840. The molecule has 0 rings (SSSR count). The number of carbonyl (C=O) groups is 4. The Morgan fingerprint density at radius 3 is 0.695 bits per heavy atom. The van der Waals surface area contributed by atoms with E-state index in [-0.39, 0.29) is 122 Å². The van der Waals surface area contributed by atoms with Gasteiger partial charge in [-0.15, -0.1) is 36.2 Å². The van der Waals surface area contributed by atoms with Gasteiger partial charge in [0.25, 0.3) is 5.97 Å². The summed E-state index contributed by atoms with van der Waals surface area (Å²) in [5.74, 6) is 8.45. The molecule has 105 heavy (non-hydrogen) atoms. The van der Waals surface area contributed by atoms with E-state index in [2.05, 4.69) is 126 Å². The number of ether oxygens (including phenoxy) is 4. The smallest absolute Gasteiger partial charge is 0.870 e. The molecular weight excluding hydrogens is 1730 g/mol. The number of methoxy groups -OCH3 is 4. The van der Waals surface area contributed by atoms with Gasteiger partial charge in [-0.3, -0.25) is 18.8 Å². The Hall–Kier alpha value is 1.03. The molecule has 0 aliphatic carbocycles. The minimum absolute atomic E-state index is 0. The number of hydrogen-bond donors (Lipinski definition) is 8. The van der Waals surface area contributed by atoms with E-state index in [0.717, 1.165) is 27.4 Å². The Balaban J connectivity index is -0.0000000147. The van der Waals surface area contributed by atoms with E-state index in [1.807, 2.05) is 204 Å². The number of nitrogens with zero attached hydrogens (tertiary/aromatic N) is 1. The van der Waals surface area contributed by atoms with Crippen molar-refractivity contribution in [1.82, 2.24) is 0 Å². The number of rotatable bonds is 2. The number of thiol groups is 1. The number of aliphatic hydroxyl groups excluding tert-OH is 1. The third-order valence-electron chi connectivity index (χ3n) is 2.99. The van der Waals surface area contributed by atoms with E-state index in [1.54, 1.807) is 75.9 Å². The van der Waals surface area contributed by atoms with Crippen LogP contribution in [0.2, 0.25) is 13.6 Å². The number of aliphatic carboxylic acids is 1. The molecule has 0 bridgehead atoms. The molecule has 0 saturated carbocycles. The van der Waals surface area contributed by atoms with E-state index in [1.165, 1.54) is 67.9 Å². The van der Waals surface area contributed by atoms with Gasteiger partial charge in [0, 0.05) is 48.8 Å². The zero-order chi connectivity index (χ0) is 91.7. The minimum atomic E-state index is -2.96. The molecule has 33 heteroatoms. The molecule has 1 radical (unpaired) electrons. The predicted octanol–water partition coefficient (Wildman–Crippen LogP) is 17.0. The van der Waals surface area contributed by atoms with E-state index < -0.39 is 37.5 Å². The zero-order valence-corrected chi connectivity index (χ0v) is 89.8. The second-order valence-electron chi connectivity index (χ2n) is 12.9. The Labute approximate surface area is 769 Å². The van der Waals surface area contributed by atoms with E-state index in [4.69, 9.17) is 70.5 Å². The summed E-state index contributed by atoms with van der Waals surface area (Å²) in [6.45, 7) is 80.1. The van der Waals surface area contributed by atoms with Crippen molar-refractivity contribution in [1.29, 1.82) is 0 Å². The Bertz CT molecular complexity index is 1210. The van der Waals surface area contributed by atoms with Crippen LogP contribution in [0.3, 0.4) is 0 Å². The van der Waals surface area contributed by atoms with Crippen molar-refractivity contribution in [3.05, 3.63) is 24.3 Å². The molecule has 8 N–H and O–H groups in total. The van der Waals surface area contributed by atoms with Crippen LogP contribution < -0.4 is 86.0 Å². The molecule has 0 atom stereocenters. The molecule has 0 amide bonds. The van der Waals surface area contributed by atoms with Gasteiger partial charge in [0.2, 0.25) is 0 Å². The van der Waals surface area contributed by atoms with Crippen molar-refractivity contribution in [3.8, 4) is 36.5 Å². The van der Waals surface area contributed by atoms with Gasteiger partial charge in [-0.05, 0) is 95.1 Å². The molecule has 18 nitrogen and oxygen atoms in total. The molecule has 0 aromatic carbocycles. The average molecular weight is 1910 g/mol. The normalized spacial score (nSPS) is 6.16. The van der Waals surface area contributed by atoms with Crippen LogP contribution in [-0.4, -0.2) is 152 Å². The number of terminal acetylenes is 2. The molecular formula is C72H176B3Cl2CuF3IKNNaO17PdS2. The van der Waals surface area contributed by atoms with Gasteiger partial charge in [-0.1, -0.05) is 244 Å². The molecule has 0 aliphatic heterocycles. The fourth-order valence-corrected chi connectivity index (χ4v) is 0. The molecule has 0 fully saturated rings. The van der Waals surface area contributed by atoms with E-state index >= 15 is 0 Å². The van der Waals surface area contributed by atoms with Crippen molar-refractivity contribution in [2.75, 3.05) is 42.7 Å². The number of carboxylic acids is 1. The maximum absolute atomic E-state index is 11.2. The van der Waals surface area contributed by atoms with Crippen LogP contribution in [0.25, 0.3) is 0 Å². The monoisotopic (exact) mass is 1910 g/mol. The van der Waals surface area contributed by atoms with Crippen LogP contribution in [0.4, 0.5) is 13.2 Å². The van der Waals surface area contributed by atoms with Gasteiger partial charge in [0.15, 0.2) is 5.05 Å². The molecule has 0 aromatic heterocycles. The second-order valence-corrected chi connectivity index (χ2v) is 16.1. The quantitative estimate of drug-likeness (QED) is 0.0186. The van der Waals surface area contributed by atoms with Crippen molar-refractivity contribution < 1.29 is 207 Å². The first kappa shape index (κ1) is 232. The van der Waals surface area contributed by atoms with Gasteiger partial charge >= 0.3 is 206 Å². The van der Waals surface area contributed by atoms with Gasteiger partial charge in [0.1, 0.15) is 11.9 Å². The summed E-state index contributed by atoms with van der Waals surface area (Å²) in [7, 11) is 18.3. The van der Waals surface area contributed by atoms with Crippen molar-refractivity contribution in [2.24, 2.45) is 4.30 Å². The van der Waals surface area contributed by atoms with Gasteiger partial charge in [-0.25, -0.2) is 0 Å². The van der Waals surface area contributed by atoms with Crippen molar-refractivity contribution >= 4 is 116 Å². The number of hydrogen-bond acceptors (Lipinski definition) is 19. The number of thiocarbonyl (C=S) groups is 1. The predicted molar refractivity (Wildman–Crippen MR) is 472 cm³/mol. The summed E-state index contributed by atoms with van der Waals surface area (Å²) in [5, 5.41) is 64.1. The molecule has 0 heterocycles. The fourth-order valence-electron chi connectivity index (χ4n) is 0. The number of carbonyl (C=O) groups excluding carboxylic acids is 3.